The van der Waals surface area contributed by atoms with Gasteiger partial charge in [-0.1, -0.05) is 35.1 Å². The Labute approximate surface area is 193 Å². The van der Waals surface area contributed by atoms with Crippen LogP contribution in [0.2, 0.25) is 5.02 Å². The van der Waals surface area contributed by atoms with Gasteiger partial charge in [-0.3, -0.25) is 9.69 Å². The Kier molecular flexibility index (Phi) is 8.92. The molecule has 0 unspecified atom stereocenters. The summed E-state index contributed by atoms with van der Waals surface area (Å²) in [5.41, 5.74) is 2.88. The number of thiazole rings is 1. The fraction of sp³-hybridized carbons (Fsp3) is 0.364. The van der Waals surface area contributed by atoms with Crippen LogP contribution in [0.1, 0.15) is 17.5 Å². The average Bonchev–Trinajstić information content (AvgIpc) is 3.11. The van der Waals surface area contributed by atoms with Crippen molar-refractivity contribution < 1.29 is 9.53 Å². The minimum Gasteiger partial charge on any atom is -0.484 e. The highest BCUT2D eigenvalue weighted by atomic mass is 35.5. The number of benzene rings is 2. The Morgan fingerprint density at radius 2 is 1.93 bits per heavy atom. The minimum absolute atomic E-state index is 0. The van der Waals surface area contributed by atoms with Crippen LogP contribution in [-0.4, -0.2) is 49.6 Å². The van der Waals surface area contributed by atoms with E-state index in [0.717, 1.165) is 34.3 Å². The molecule has 3 rings (SSSR count). The van der Waals surface area contributed by atoms with Crippen molar-refractivity contribution in [3.63, 3.8) is 0 Å². The summed E-state index contributed by atoms with van der Waals surface area (Å²) in [7, 11) is 4.05. The van der Waals surface area contributed by atoms with E-state index in [0.29, 0.717) is 22.4 Å². The molecule has 0 bridgehead atoms. The maximum atomic E-state index is 13.0. The van der Waals surface area contributed by atoms with Gasteiger partial charge in [0.25, 0.3) is 5.91 Å². The molecule has 1 amide bonds. The third-order valence-electron chi connectivity index (χ3n) is 4.61. The number of carbonyl (C=O) groups is 1. The summed E-state index contributed by atoms with van der Waals surface area (Å²) in [6.45, 7) is 5.39. The molecule has 5 nitrogen and oxygen atoms in total. The summed E-state index contributed by atoms with van der Waals surface area (Å²) in [5, 5.41) is 1.37. The van der Waals surface area contributed by atoms with Crippen molar-refractivity contribution in [2.45, 2.75) is 20.3 Å². The predicted octanol–water partition coefficient (Wildman–Crippen LogP) is 5.35. The van der Waals surface area contributed by atoms with E-state index in [1.54, 1.807) is 4.90 Å². The number of nitrogens with zero attached hydrogens (tertiary/aromatic N) is 3. The number of hydrogen-bond acceptors (Lipinski definition) is 5. The number of halogens is 2. The van der Waals surface area contributed by atoms with Crippen LogP contribution in [0.4, 0.5) is 5.13 Å². The number of anilines is 1. The molecule has 0 aliphatic carbocycles. The van der Waals surface area contributed by atoms with Crippen LogP contribution in [0.15, 0.2) is 36.4 Å². The first-order chi connectivity index (χ1) is 13.8. The number of aromatic nitrogens is 1. The molecule has 0 aliphatic rings. The van der Waals surface area contributed by atoms with Crippen LogP contribution in [0.3, 0.4) is 0 Å². The SMILES string of the molecule is Cc1cccc(OCC(=O)N(CCCN(C)C)c2nc3c(C)c(Cl)ccc3s2)c1.Cl. The number of carbonyl (C=O) groups excluding carboxylic acids is 1. The molecule has 0 aliphatic heterocycles. The zero-order chi connectivity index (χ0) is 21.0. The van der Waals surface area contributed by atoms with Crippen molar-refractivity contribution in [1.29, 1.82) is 0 Å². The van der Waals surface area contributed by atoms with Gasteiger partial charge in [0.15, 0.2) is 11.7 Å². The Balaban J connectivity index is 0.00000320. The Bertz CT molecular complexity index is 1010. The second-order valence-electron chi connectivity index (χ2n) is 7.32. The molecule has 1 aromatic heterocycles. The average molecular weight is 468 g/mol. The van der Waals surface area contributed by atoms with Gasteiger partial charge in [0, 0.05) is 11.6 Å². The van der Waals surface area contributed by atoms with Crippen molar-refractivity contribution in [3.05, 3.63) is 52.5 Å². The molecular weight excluding hydrogens is 441 g/mol. The summed E-state index contributed by atoms with van der Waals surface area (Å²) >= 11 is 7.75. The zero-order valence-corrected chi connectivity index (χ0v) is 20.0. The lowest BCUT2D eigenvalue weighted by Crippen LogP contribution is -2.36. The molecule has 30 heavy (non-hydrogen) atoms. The minimum atomic E-state index is -0.104. The van der Waals surface area contributed by atoms with Gasteiger partial charge in [-0.25, -0.2) is 4.98 Å². The van der Waals surface area contributed by atoms with Crippen LogP contribution in [-0.2, 0) is 4.79 Å². The van der Waals surface area contributed by atoms with Crippen LogP contribution in [0.25, 0.3) is 10.2 Å². The van der Waals surface area contributed by atoms with Crippen molar-refractivity contribution in [2.24, 2.45) is 0 Å². The summed E-state index contributed by atoms with van der Waals surface area (Å²) < 4.78 is 6.77. The molecule has 0 spiro atoms. The normalized spacial score (nSPS) is 10.9. The Hall–Kier alpha value is -1.86. The van der Waals surface area contributed by atoms with Gasteiger partial charge in [0.05, 0.1) is 10.2 Å². The monoisotopic (exact) mass is 467 g/mol. The molecule has 0 atom stereocenters. The third-order valence-corrected chi connectivity index (χ3v) is 6.06. The van der Waals surface area contributed by atoms with Crippen molar-refractivity contribution in [3.8, 4) is 5.75 Å². The molecule has 0 saturated heterocycles. The first kappa shape index (κ1) is 24.4. The lowest BCUT2D eigenvalue weighted by Gasteiger charge is -2.21. The van der Waals surface area contributed by atoms with Gasteiger partial charge in [0.2, 0.25) is 0 Å². The number of ether oxygens (including phenoxy) is 1. The van der Waals surface area contributed by atoms with Crippen LogP contribution < -0.4 is 9.64 Å². The summed E-state index contributed by atoms with van der Waals surface area (Å²) in [6, 6.07) is 11.5. The fourth-order valence-electron chi connectivity index (χ4n) is 3.00. The number of rotatable bonds is 8. The van der Waals surface area contributed by atoms with E-state index in [1.807, 2.05) is 64.3 Å². The highest BCUT2D eigenvalue weighted by Crippen LogP contribution is 2.33. The van der Waals surface area contributed by atoms with E-state index in [4.69, 9.17) is 21.3 Å². The summed E-state index contributed by atoms with van der Waals surface area (Å²) in [5.74, 6) is 0.589. The Morgan fingerprint density at radius 3 is 2.63 bits per heavy atom. The first-order valence-corrected chi connectivity index (χ1v) is 10.7. The molecule has 0 saturated carbocycles. The van der Waals surface area contributed by atoms with Crippen LogP contribution in [0.5, 0.6) is 5.75 Å². The fourth-order valence-corrected chi connectivity index (χ4v) is 4.23. The predicted molar refractivity (Wildman–Crippen MR) is 129 cm³/mol. The highest BCUT2D eigenvalue weighted by molar-refractivity contribution is 7.22. The van der Waals surface area contributed by atoms with Crippen molar-refractivity contribution in [1.82, 2.24) is 9.88 Å². The van der Waals surface area contributed by atoms with Gasteiger partial charge in [-0.05, 0) is 76.3 Å². The van der Waals surface area contributed by atoms with E-state index in [9.17, 15) is 4.79 Å². The number of fused-ring (bicyclic) bond motifs is 1. The standard InChI is InChI=1S/C22H26ClN3O2S.ClH/c1-15-7-5-8-17(13-15)28-14-20(27)26(12-6-11-25(3)4)22-24-21-16(2)18(23)9-10-19(21)29-22;/h5,7-10,13H,6,11-12,14H2,1-4H3;1H. The van der Waals surface area contributed by atoms with Crippen molar-refractivity contribution in [2.75, 3.05) is 38.7 Å². The summed E-state index contributed by atoms with van der Waals surface area (Å²) in [6.07, 6.45) is 0.846. The van der Waals surface area contributed by atoms with E-state index in [2.05, 4.69) is 4.90 Å². The van der Waals surface area contributed by atoms with E-state index >= 15 is 0 Å². The highest BCUT2D eigenvalue weighted by Gasteiger charge is 2.21. The van der Waals surface area contributed by atoms with Crippen LogP contribution in [0, 0.1) is 13.8 Å². The molecule has 0 N–H and O–H groups in total. The van der Waals surface area contributed by atoms with Crippen LogP contribution >= 0.6 is 35.3 Å². The number of aryl methyl sites for hydroxylation is 2. The first-order valence-electron chi connectivity index (χ1n) is 9.55. The summed E-state index contributed by atoms with van der Waals surface area (Å²) in [4.78, 5) is 21.6. The van der Waals surface area contributed by atoms with E-state index in [-0.39, 0.29) is 24.9 Å². The second-order valence-corrected chi connectivity index (χ2v) is 8.74. The largest absolute Gasteiger partial charge is 0.484 e. The lowest BCUT2D eigenvalue weighted by molar-refractivity contribution is -0.120. The molecule has 8 heteroatoms. The maximum absolute atomic E-state index is 13.0. The molecule has 0 radical (unpaired) electrons. The third kappa shape index (κ3) is 6.08. The number of hydrogen-bond donors (Lipinski definition) is 0. The molecule has 3 aromatic rings. The molecule has 2 aromatic carbocycles. The second kappa shape index (κ2) is 11.0. The van der Waals surface area contributed by atoms with Gasteiger partial charge >= 0.3 is 0 Å². The zero-order valence-electron chi connectivity index (χ0n) is 17.6. The van der Waals surface area contributed by atoms with E-state index < -0.39 is 0 Å². The number of amides is 1. The van der Waals surface area contributed by atoms with Gasteiger partial charge in [0.1, 0.15) is 5.75 Å². The van der Waals surface area contributed by atoms with Gasteiger partial charge in [-0.2, -0.15) is 0 Å². The molecule has 0 fully saturated rings. The Morgan fingerprint density at radius 1 is 1.17 bits per heavy atom. The molecular formula is C22H27Cl2N3O2S. The topological polar surface area (TPSA) is 45.7 Å². The molecule has 162 valence electrons. The smallest absolute Gasteiger partial charge is 0.266 e. The maximum Gasteiger partial charge on any atom is 0.266 e. The lowest BCUT2D eigenvalue weighted by atomic mass is 10.2. The van der Waals surface area contributed by atoms with Crippen molar-refractivity contribution >= 4 is 56.6 Å². The quantitative estimate of drug-likeness (QED) is 0.447. The van der Waals surface area contributed by atoms with Gasteiger partial charge < -0.3 is 9.64 Å². The van der Waals surface area contributed by atoms with Gasteiger partial charge in [-0.15, -0.1) is 12.4 Å². The molecule has 1 heterocycles. The van der Waals surface area contributed by atoms with E-state index in [1.165, 1.54) is 11.3 Å².